The average molecular weight is 1110 g/mol. The number of unbranched alkanes of at least 4 members (excludes halogenated alkanes) is 43. The van der Waals surface area contributed by atoms with Crippen LogP contribution < -0.4 is 0 Å². The number of hydrogen-bond donors (Lipinski definition) is 0. The topological polar surface area (TPSA) is 78.9 Å². The van der Waals surface area contributed by atoms with E-state index in [1.807, 2.05) is 0 Å². The molecule has 0 aromatic heterocycles. The molecule has 0 heterocycles. The van der Waals surface area contributed by atoms with Crippen molar-refractivity contribution in [3.63, 3.8) is 0 Å². The molecule has 0 aliphatic carbocycles. The second-order valence-electron chi connectivity index (χ2n) is 23.4. The van der Waals surface area contributed by atoms with Gasteiger partial charge in [-0.3, -0.25) is 14.4 Å². The smallest absolute Gasteiger partial charge is 0.306 e. The lowest BCUT2D eigenvalue weighted by molar-refractivity contribution is -0.167. The Kier molecular flexibility index (Phi) is 65.1. The molecule has 460 valence electrons. The number of hydrogen-bond acceptors (Lipinski definition) is 6. The van der Waals surface area contributed by atoms with Crippen molar-refractivity contribution in [1.82, 2.24) is 0 Å². The van der Waals surface area contributed by atoms with Crippen LogP contribution in [0.15, 0.2) is 60.8 Å². The van der Waals surface area contributed by atoms with Crippen LogP contribution in [0.1, 0.15) is 367 Å². The van der Waals surface area contributed by atoms with Gasteiger partial charge in [-0.25, -0.2) is 0 Å². The van der Waals surface area contributed by atoms with Gasteiger partial charge in [0.2, 0.25) is 0 Å². The van der Waals surface area contributed by atoms with Gasteiger partial charge in [0.05, 0.1) is 0 Å². The lowest BCUT2D eigenvalue weighted by Crippen LogP contribution is -2.30. The third kappa shape index (κ3) is 65.8. The molecule has 0 aromatic rings. The molecule has 0 bridgehead atoms. The lowest BCUT2D eigenvalue weighted by Gasteiger charge is -2.18. The fourth-order valence-electron chi connectivity index (χ4n) is 10.2. The Morgan fingerprint density at radius 1 is 0.253 bits per heavy atom. The maximum Gasteiger partial charge on any atom is 0.306 e. The highest BCUT2D eigenvalue weighted by atomic mass is 16.6. The average Bonchev–Trinajstić information content (AvgIpc) is 3.45. The monoisotopic (exact) mass is 1110 g/mol. The summed E-state index contributed by atoms with van der Waals surface area (Å²) in [5.74, 6) is -0.890. The highest BCUT2D eigenvalue weighted by Crippen LogP contribution is 2.17. The summed E-state index contributed by atoms with van der Waals surface area (Å²) < 4.78 is 16.9. The minimum absolute atomic E-state index is 0.0817. The summed E-state index contributed by atoms with van der Waals surface area (Å²) in [6.07, 6.45) is 86.8. The Balaban J connectivity index is 4.24. The van der Waals surface area contributed by atoms with Gasteiger partial charge in [-0.15, -0.1) is 0 Å². The number of allylic oxidation sites excluding steroid dienone is 10. The molecule has 79 heavy (non-hydrogen) atoms. The van der Waals surface area contributed by atoms with E-state index in [-0.39, 0.29) is 31.1 Å². The third-order valence-electron chi connectivity index (χ3n) is 15.5. The van der Waals surface area contributed by atoms with Crippen LogP contribution in [0.3, 0.4) is 0 Å². The normalized spacial score (nSPS) is 12.4. The summed E-state index contributed by atoms with van der Waals surface area (Å²) >= 11 is 0. The van der Waals surface area contributed by atoms with Crippen LogP contribution >= 0.6 is 0 Å². The molecule has 0 spiro atoms. The first-order valence-corrected chi connectivity index (χ1v) is 34.8. The minimum Gasteiger partial charge on any atom is -0.462 e. The number of carbonyl (C=O) groups excluding carboxylic acids is 3. The zero-order valence-electron chi connectivity index (χ0n) is 52.9. The van der Waals surface area contributed by atoms with Crippen LogP contribution in [0.5, 0.6) is 0 Å². The Bertz CT molecular complexity index is 1410. The molecular formula is C73H132O6. The first-order valence-electron chi connectivity index (χ1n) is 34.8. The van der Waals surface area contributed by atoms with Crippen LogP contribution in [-0.2, 0) is 28.6 Å². The quantitative estimate of drug-likeness (QED) is 0.0261. The minimum atomic E-state index is -0.788. The van der Waals surface area contributed by atoms with E-state index in [1.54, 1.807) is 0 Å². The van der Waals surface area contributed by atoms with Gasteiger partial charge in [0, 0.05) is 19.3 Å². The predicted molar refractivity (Wildman–Crippen MR) is 344 cm³/mol. The maximum atomic E-state index is 12.9. The summed E-state index contributed by atoms with van der Waals surface area (Å²) in [6, 6.07) is 0. The number of rotatable bonds is 64. The Morgan fingerprint density at radius 3 is 0.722 bits per heavy atom. The van der Waals surface area contributed by atoms with Crippen molar-refractivity contribution in [2.75, 3.05) is 13.2 Å². The lowest BCUT2D eigenvalue weighted by atomic mass is 10.0. The third-order valence-corrected chi connectivity index (χ3v) is 15.5. The highest BCUT2D eigenvalue weighted by Gasteiger charge is 2.19. The van der Waals surface area contributed by atoms with E-state index >= 15 is 0 Å². The van der Waals surface area contributed by atoms with Crippen molar-refractivity contribution < 1.29 is 28.6 Å². The van der Waals surface area contributed by atoms with Crippen LogP contribution in [0.25, 0.3) is 0 Å². The summed E-state index contributed by atoms with van der Waals surface area (Å²) in [6.45, 7) is 6.63. The molecule has 0 saturated heterocycles. The fourth-order valence-corrected chi connectivity index (χ4v) is 10.2. The Hall–Kier alpha value is -2.89. The standard InChI is InChI=1S/C73H132O6/c1-4-7-10-13-16-19-22-25-28-31-32-33-34-35-36-37-38-39-40-41-42-43-46-48-51-54-57-60-63-66-72(75)78-69-70(79-73(76)67-64-61-58-55-52-49-45-30-27-24-21-18-15-12-9-6-3)68-77-71(74)65-62-59-56-53-50-47-44-29-26-23-20-17-14-11-8-5-2/h20-21,23-24,29-32,44-45,70H,4-19,22,25-28,33-43,46-69H2,1-3H3/b23-20-,24-21-,32-31-,44-29-,45-30-. The number of carbonyl (C=O) groups is 3. The fraction of sp³-hybridized carbons (Fsp3) is 0.822. The van der Waals surface area contributed by atoms with Crippen molar-refractivity contribution >= 4 is 17.9 Å². The van der Waals surface area contributed by atoms with Crippen molar-refractivity contribution in [2.24, 2.45) is 0 Å². The molecule has 1 atom stereocenters. The largest absolute Gasteiger partial charge is 0.462 e. The molecule has 6 nitrogen and oxygen atoms in total. The molecule has 1 unspecified atom stereocenters. The maximum absolute atomic E-state index is 12.9. The molecule has 0 amide bonds. The van der Waals surface area contributed by atoms with E-state index < -0.39 is 6.10 Å². The summed E-state index contributed by atoms with van der Waals surface area (Å²) in [5.41, 5.74) is 0. The van der Waals surface area contributed by atoms with Gasteiger partial charge in [0.15, 0.2) is 6.10 Å². The first kappa shape index (κ1) is 76.1. The summed E-state index contributed by atoms with van der Waals surface area (Å²) in [7, 11) is 0. The highest BCUT2D eigenvalue weighted by molar-refractivity contribution is 5.71. The van der Waals surface area contributed by atoms with Crippen LogP contribution in [0, 0.1) is 0 Å². The molecule has 0 rings (SSSR count). The van der Waals surface area contributed by atoms with Gasteiger partial charge in [0.1, 0.15) is 13.2 Å². The summed E-state index contributed by atoms with van der Waals surface area (Å²) in [5, 5.41) is 0. The second kappa shape index (κ2) is 67.6. The number of esters is 3. The van der Waals surface area contributed by atoms with Gasteiger partial charge in [0.25, 0.3) is 0 Å². The molecule has 0 fully saturated rings. The van der Waals surface area contributed by atoms with E-state index in [4.69, 9.17) is 14.2 Å². The first-order chi connectivity index (χ1) is 39.0. The van der Waals surface area contributed by atoms with Crippen molar-refractivity contribution in [3.05, 3.63) is 60.8 Å². The van der Waals surface area contributed by atoms with Gasteiger partial charge in [-0.1, -0.05) is 300 Å². The predicted octanol–water partition coefficient (Wildman–Crippen LogP) is 23.9. The van der Waals surface area contributed by atoms with E-state index in [9.17, 15) is 14.4 Å². The van der Waals surface area contributed by atoms with E-state index in [2.05, 4.69) is 81.5 Å². The summed E-state index contributed by atoms with van der Waals surface area (Å²) in [4.78, 5) is 38.4. The molecule has 0 radical (unpaired) electrons. The van der Waals surface area contributed by atoms with Crippen LogP contribution in [0.4, 0.5) is 0 Å². The molecule has 0 aromatic carbocycles. The van der Waals surface area contributed by atoms with Gasteiger partial charge in [-0.2, -0.15) is 0 Å². The zero-order valence-corrected chi connectivity index (χ0v) is 52.9. The SMILES string of the molecule is CCCCCC/C=C\C/C=C\CCCCCCCC(=O)OCC(COC(=O)CCCCCCCCCCCCCCCCCCC/C=C\CCCCCCCCCC)OC(=O)CCCCCCC/C=C\C/C=C\CCCCCC. The molecule has 0 aliphatic rings. The molecule has 0 aliphatic heterocycles. The van der Waals surface area contributed by atoms with E-state index in [0.717, 1.165) is 103 Å². The van der Waals surface area contributed by atoms with Crippen molar-refractivity contribution in [2.45, 2.75) is 374 Å². The van der Waals surface area contributed by atoms with Crippen molar-refractivity contribution in [1.29, 1.82) is 0 Å². The van der Waals surface area contributed by atoms with Crippen LogP contribution in [-0.4, -0.2) is 37.2 Å². The Morgan fingerprint density at radius 2 is 0.456 bits per heavy atom. The van der Waals surface area contributed by atoms with Gasteiger partial charge < -0.3 is 14.2 Å². The molecule has 6 heteroatoms. The van der Waals surface area contributed by atoms with E-state index in [0.29, 0.717) is 19.3 Å². The second-order valence-corrected chi connectivity index (χ2v) is 23.4. The zero-order chi connectivity index (χ0) is 57.1. The Labute approximate surface area is 491 Å². The van der Waals surface area contributed by atoms with Gasteiger partial charge >= 0.3 is 17.9 Å². The van der Waals surface area contributed by atoms with Crippen LogP contribution in [0.2, 0.25) is 0 Å². The van der Waals surface area contributed by atoms with Crippen molar-refractivity contribution in [3.8, 4) is 0 Å². The van der Waals surface area contributed by atoms with E-state index in [1.165, 1.54) is 225 Å². The molecule has 0 N–H and O–H groups in total. The number of ether oxygens (including phenoxy) is 3. The molecular weight excluding hydrogens is 973 g/mol. The van der Waals surface area contributed by atoms with Gasteiger partial charge in [-0.05, 0) is 109 Å². The molecule has 0 saturated carbocycles.